The third kappa shape index (κ3) is 4.23. The molecule has 0 bridgehead atoms. The molecule has 110 valence electrons. The number of hydrogen-bond donors (Lipinski definition) is 1. The largest absolute Gasteiger partial charge is 0.497 e. The molecule has 0 spiro atoms. The van der Waals surface area contributed by atoms with Crippen LogP contribution in [-0.4, -0.2) is 20.2 Å². The van der Waals surface area contributed by atoms with Crippen molar-refractivity contribution in [1.82, 2.24) is 0 Å². The van der Waals surface area contributed by atoms with E-state index in [0.717, 1.165) is 21.5 Å². The average molecular weight is 350 g/mol. The van der Waals surface area contributed by atoms with Crippen LogP contribution in [0.2, 0.25) is 0 Å². The number of carbonyl (C=O) groups excluding carboxylic acids is 1. The summed E-state index contributed by atoms with van der Waals surface area (Å²) in [7, 11) is 3.01. The Hall–Kier alpha value is -2.01. The van der Waals surface area contributed by atoms with Gasteiger partial charge in [0.05, 0.1) is 19.8 Å². The van der Waals surface area contributed by atoms with Crippen molar-refractivity contribution in [2.75, 3.05) is 19.5 Å². The van der Waals surface area contributed by atoms with Gasteiger partial charge >= 0.3 is 5.97 Å². The first-order chi connectivity index (χ1) is 10.1. The number of benzene rings is 2. The smallest absolute Gasteiger partial charge is 0.337 e. The van der Waals surface area contributed by atoms with Gasteiger partial charge in [0.2, 0.25) is 0 Å². The summed E-state index contributed by atoms with van der Waals surface area (Å²) < 4.78 is 10.8. The second-order valence-electron chi connectivity index (χ2n) is 4.42. The van der Waals surface area contributed by atoms with Gasteiger partial charge in [0.15, 0.2) is 0 Å². The first kappa shape index (κ1) is 15.4. The molecule has 0 aliphatic rings. The van der Waals surface area contributed by atoms with Crippen LogP contribution >= 0.6 is 15.9 Å². The Morgan fingerprint density at radius 1 is 1.14 bits per heavy atom. The summed E-state index contributed by atoms with van der Waals surface area (Å²) in [5.74, 6) is 0.458. The van der Waals surface area contributed by atoms with Gasteiger partial charge in [0, 0.05) is 22.8 Å². The predicted molar refractivity (Wildman–Crippen MR) is 85.8 cm³/mol. The lowest BCUT2D eigenvalue weighted by molar-refractivity contribution is 0.0600. The molecule has 0 heterocycles. The van der Waals surface area contributed by atoms with Crippen LogP contribution in [0.4, 0.5) is 5.69 Å². The lowest BCUT2D eigenvalue weighted by Crippen LogP contribution is -2.03. The van der Waals surface area contributed by atoms with Gasteiger partial charge in [-0.2, -0.15) is 0 Å². The molecule has 0 unspecified atom stereocenters. The van der Waals surface area contributed by atoms with Crippen molar-refractivity contribution in [2.45, 2.75) is 6.54 Å². The first-order valence-electron chi connectivity index (χ1n) is 6.38. The highest BCUT2D eigenvalue weighted by Crippen LogP contribution is 2.24. The standard InChI is InChI=1S/C16H16BrNO3/c1-20-15-8-13(17)7-14(9-15)18-10-11-3-5-12(6-4-11)16(19)21-2/h3-9,18H,10H2,1-2H3. The minimum atomic E-state index is -0.328. The second-order valence-corrected chi connectivity index (χ2v) is 5.34. The van der Waals surface area contributed by atoms with Gasteiger partial charge in [-0.3, -0.25) is 0 Å². The zero-order valence-electron chi connectivity index (χ0n) is 11.9. The molecule has 0 fully saturated rings. The van der Waals surface area contributed by atoms with E-state index in [0.29, 0.717) is 12.1 Å². The number of halogens is 1. The van der Waals surface area contributed by atoms with Gasteiger partial charge < -0.3 is 14.8 Å². The van der Waals surface area contributed by atoms with Gasteiger partial charge in [-0.15, -0.1) is 0 Å². The van der Waals surface area contributed by atoms with Crippen LogP contribution in [0.15, 0.2) is 46.9 Å². The first-order valence-corrected chi connectivity index (χ1v) is 7.17. The molecule has 0 saturated carbocycles. The number of carbonyl (C=O) groups is 1. The molecule has 0 saturated heterocycles. The number of ether oxygens (including phenoxy) is 2. The van der Waals surface area contributed by atoms with Crippen molar-refractivity contribution in [3.63, 3.8) is 0 Å². The Morgan fingerprint density at radius 3 is 2.48 bits per heavy atom. The normalized spacial score (nSPS) is 10.0. The molecule has 0 amide bonds. The lowest BCUT2D eigenvalue weighted by Gasteiger charge is -2.09. The van der Waals surface area contributed by atoms with Gasteiger partial charge in [-0.05, 0) is 29.8 Å². The average Bonchev–Trinajstić information content (AvgIpc) is 2.52. The van der Waals surface area contributed by atoms with E-state index in [-0.39, 0.29) is 5.97 Å². The van der Waals surface area contributed by atoms with Crippen LogP contribution < -0.4 is 10.1 Å². The molecule has 0 aliphatic carbocycles. The molecule has 2 aromatic carbocycles. The SMILES string of the molecule is COC(=O)c1ccc(CNc2cc(Br)cc(OC)c2)cc1. The van der Waals surface area contributed by atoms with Gasteiger partial charge in [0.25, 0.3) is 0 Å². The molecule has 2 rings (SSSR count). The van der Waals surface area contributed by atoms with Crippen molar-refractivity contribution in [3.8, 4) is 5.75 Å². The third-order valence-corrected chi connectivity index (χ3v) is 3.44. The van der Waals surface area contributed by atoms with Crippen LogP contribution in [0, 0.1) is 0 Å². The van der Waals surface area contributed by atoms with E-state index in [4.69, 9.17) is 4.74 Å². The van der Waals surface area contributed by atoms with Crippen molar-refractivity contribution in [3.05, 3.63) is 58.1 Å². The maximum atomic E-state index is 11.4. The molecular weight excluding hydrogens is 334 g/mol. The third-order valence-electron chi connectivity index (χ3n) is 2.98. The molecule has 5 heteroatoms. The fraction of sp³-hybridized carbons (Fsp3) is 0.188. The van der Waals surface area contributed by atoms with Crippen LogP contribution in [0.1, 0.15) is 15.9 Å². The maximum Gasteiger partial charge on any atom is 0.337 e. The lowest BCUT2D eigenvalue weighted by atomic mass is 10.1. The fourth-order valence-electron chi connectivity index (χ4n) is 1.86. The molecule has 4 nitrogen and oxygen atoms in total. The van der Waals surface area contributed by atoms with E-state index in [1.54, 1.807) is 19.2 Å². The summed E-state index contributed by atoms with van der Waals surface area (Å²) in [6.07, 6.45) is 0. The number of methoxy groups -OCH3 is 2. The van der Waals surface area contributed by atoms with E-state index < -0.39 is 0 Å². The maximum absolute atomic E-state index is 11.4. The van der Waals surface area contributed by atoms with Gasteiger partial charge in [-0.25, -0.2) is 4.79 Å². The van der Waals surface area contributed by atoms with E-state index >= 15 is 0 Å². The van der Waals surface area contributed by atoms with Crippen LogP contribution in [0.5, 0.6) is 5.75 Å². The zero-order valence-corrected chi connectivity index (χ0v) is 13.4. The van der Waals surface area contributed by atoms with Crippen molar-refractivity contribution >= 4 is 27.6 Å². The van der Waals surface area contributed by atoms with Crippen LogP contribution in [0.25, 0.3) is 0 Å². The van der Waals surface area contributed by atoms with E-state index in [1.165, 1.54) is 7.11 Å². The number of anilines is 1. The van der Waals surface area contributed by atoms with Crippen molar-refractivity contribution < 1.29 is 14.3 Å². The Kier molecular flexibility index (Phi) is 5.22. The van der Waals surface area contributed by atoms with Crippen LogP contribution in [-0.2, 0) is 11.3 Å². The topological polar surface area (TPSA) is 47.6 Å². The summed E-state index contributed by atoms with van der Waals surface area (Å²) in [4.78, 5) is 11.4. The summed E-state index contributed by atoms with van der Waals surface area (Å²) in [6.45, 7) is 0.654. The monoisotopic (exact) mass is 349 g/mol. The Labute approximate surface area is 132 Å². The minimum absolute atomic E-state index is 0.328. The van der Waals surface area contributed by atoms with E-state index in [9.17, 15) is 4.79 Å². The second kappa shape index (κ2) is 7.13. The molecule has 0 atom stereocenters. The molecule has 0 aliphatic heterocycles. The van der Waals surface area contributed by atoms with Crippen molar-refractivity contribution in [1.29, 1.82) is 0 Å². The van der Waals surface area contributed by atoms with E-state index in [2.05, 4.69) is 26.0 Å². The molecule has 1 N–H and O–H groups in total. The Bertz CT molecular complexity index is 626. The predicted octanol–water partition coefficient (Wildman–Crippen LogP) is 3.86. The summed E-state index contributed by atoms with van der Waals surface area (Å²) in [5.41, 5.74) is 2.57. The summed E-state index contributed by atoms with van der Waals surface area (Å²) in [6, 6.07) is 13.1. The molecule has 0 radical (unpaired) electrons. The highest BCUT2D eigenvalue weighted by Gasteiger charge is 2.04. The summed E-state index contributed by atoms with van der Waals surface area (Å²) in [5, 5.41) is 3.31. The van der Waals surface area contributed by atoms with Crippen molar-refractivity contribution in [2.24, 2.45) is 0 Å². The number of esters is 1. The highest BCUT2D eigenvalue weighted by molar-refractivity contribution is 9.10. The highest BCUT2D eigenvalue weighted by atomic mass is 79.9. The summed E-state index contributed by atoms with van der Waals surface area (Å²) >= 11 is 3.44. The molecule has 21 heavy (non-hydrogen) atoms. The number of nitrogens with one attached hydrogen (secondary N) is 1. The minimum Gasteiger partial charge on any atom is -0.497 e. The quantitative estimate of drug-likeness (QED) is 0.832. The van der Waals surface area contributed by atoms with E-state index in [1.807, 2.05) is 30.3 Å². The molecule has 2 aromatic rings. The molecule has 0 aromatic heterocycles. The number of hydrogen-bond acceptors (Lipinski definition) is 4. The fourth-order valence-corrected chi connectivity index (χ4v) is 2.34. The Morgan fingerprint density at radius 2 is 1.86 bits per heavy atom. The van der Waals surface area contributed by atoms with Gasteiger partial charge in [0.1, 0.15) is 5.75 Å². The number of rotatable bonds is 5. The zero-order chi connectivity index (χ0) is 15.2. The Balaban J connectivity index is 2.03. The van der Waals surface area contributed by atoms with Crippen LogP contribution in [0.3, 0.4) is 0 Å². The van der Waals surface area contributed by atoms with Gasteiger partial charge in [-0.1, -0.05) is 28.1 Å². The molecular formula is C16H16BrNO3.